The van der Waals surface area contributed by atoms with Gasteiger partial charge in [-0.05, 0) is 24.1 Å². The van der Waals surface area contributed by atoms with E-state index in [1.165, 1.54) is 0 Å². The lowest BCUT2D eigenvalue weighted by atomic mass is 9.88. The van der Waals surface area contributed by atoms with Gasteiger partial charge in [0.15, 0.2) is 0 Å². The van der Waals surface area contributed by atoms with Crippen LogP contribution >= 0.6 is 11.6 Å². The van der Waals surface area contributed by atoms with Crippen molar-refractivity contribution in [2.24, 2.45) is 5.73 Å². The molecule has 0 radical (unpaired) electrons. The van der Waals surface area contributed by atoms with Crippen LogP contribution in [0.2, 0.25) is 5.02 Å². The molecule has 0 amide bonds. The normalized spacial score (nSPS) is 26.3. The van der Waals surface area contributed by atoms with Crippen molar-refractivity contribution in [1.82, 2.24) is 0 Å². The summed E-state index contributed by atoms with van der Waals surface area (Å²) in [7, 11) is 0. The molecule has 0 saturated carbocycles. The van der Waals surface area contributed by atoms with Crippen LogP contribution in [0.5, 0.6) is 0 Å². The Morgan fingerprint density at radius 2 is 2.07 bits per heavy atom. The van der Waals surface area contributed by atoms with Gasteiger partial charge in [0.1, 0.15) is 0 Å². The van der Waals surface area contributed by atoms with Gasteiger partial charge in [-0.3, -0.25) is 0 Å². The first-order valence-electron chi connectivity index (χ1n) is 4.54. The summed E-state index contributed by atoms with van der Waals surface area (Å²) in [5, 5.41) is 10.0. The Morgan fingerprint density at radius 1 is 1.36 bits per heavy atom. The zero-order valence-corrected chi connectivity index (χ0v) is 8.46. The first-order chi connectivity index (χ1) is 6.62. The van der Waals surface area contributed by atoms with Crippen LogP contribution in [0.3, 0.4) is 0 Å². The van der Waals surface area contributed by atoms with Gasteiger partial charge in [-0.2, -0.15) is 0 Å². The van der Waals surface area contributed by atoms with Crippen LogP contribution < -0.4 is 5.73 Å². The third-order valence-corrected chi connectivity index (χ3v) is 2.94. The van der Waals surface area contributed by atoms with Gasteiger partial charge in [-0.15, -0.1) is 0 Å². The molecule has 2 nitrogen and oxygen atoms in total. The molecular weight excluding hydrogens is 198 g/mol. The molecule has 0 saturated heterocycles. The highest BCUT2D eigenvalue weighted by molar-refractivity contribution is 6.31. The number of aliphatic hydroxyl groups is 1. The molecule has 0 bridgehead atoms. The summed E-state index contributed by atoms with van der Waals surface area (Å²) >= 11 is 6.06. The van der Waals surface area contributed by atoms with Crippen molar-refractivity contribution in [3.8, 4) is 0 Å². The quantitative estimate of drug-likeness (QED) is 0.747. The smallest absolute Gasteiger partial charge is 0.0905 e. The van der Waals surface area contributed by atoms with Crippen molar-refractivity contribution in [3.05, 3.63) is 46.7 Å². The van der Waals surface area contributed by atoms with Crippen LogP contribution in [0, 0.1) is 0 Å². The zero-order chi connectivity index (χ0) is 10.2. The van der Waals surface area contributed by atoms with Crippen LogP contribution in [0.15, 0.2) is 36.1 Å². The van der Waals surface area contributed by atoms with Gasteiger partial charge in [-0.25, -0.2) is 0 Å². The third kappa shape index (κ3) is 1.51. The Balaban J connectivity index is 2.37. The minimum Gasteiger partial charge on any atom is -0.513 e. The molecule has 1 aliphatic rings. The predicted molar refractivity (Wildman–Crippen MR) is 57.3 cm³/mol. The van der Waals surface area contributed by atoms with Crippen LogP contribution in [-0.4, -0.2) is 5.11 Å². The molecule has 14 heavy (non-hydrogen) atoms. The molecule has 2 rings (SSSR count). The second kappa shape index (κ2) is 3.30. The van der Waals surface area contributed by atoms with Gasteiger partial charge in [0.25, 0.3) is 0 Å². The standard InChI is InChI=1S/C11H12ClNO/c12-10-4-2-1-3-9(10)11(13)6-5-8(14)7-11/h1-5,14H,6-7,13H2/t11-/m1/s1. The van der Waals surface area contributed by atoms with E-state index in [0.717, 1.165) is 5.56 Å². The number of rotatable bonds is 1. The summed E-state index contributed by atoms with van der Waals surface area (Å²) in [5.74, 6) is 0.354. The Morgan fingerprint density at radius 3 is 2.64 bits per heavy atom. The van der Waals surface area contributed by atoms with Crippen LogP contribution in [0.25, 0.3) is 0 Å². The van der Waals surface area contributed by atoms with E-state index >= 15 is 0 Å². The van der Waals surface area contributed by atoms with Gasteiger partial charge >= 0.3 is 0 Å². The van der Waals surface area contributed by atoms with Crippen LogP contribution in [0.1, 0.15) is 18.4 Å². The zero-order valence-electron chi connectivity index (χ0n) is 7.70. The van der Waals surface area contributed by atoms with E-state index in [0.29, 0.717) is 23.6 Å². The molecule has 3 N–H and O–H groups in total. The van der Waals surface area contributed by atoms with Gasteiger partial charge in [0, 0.05) is 11.4 Å². The van der Waals surface area contributed by atoms with Gasteiger partial charge in [0.05, 0.1) is 11.3 Å². The maximum atomic E-state index is 9.36. The number of nitrogens with two attached hydrogens (primary N) is 1. The lowest BCUT2D eigenvalue weighted by molar-refractivity contribution is 0.355. The lowest BCUT2D eigenvalue weighted by Crippen LogP contribution is -2.34. The van der Waals surface area contributed by atoms with E-state index in [1.807, 2.05) is 24.3 Å². The minimum atomic E-state index is -0.525. The fraction of sp³-hybridized carbons (Fsp3) is 0.273. The molecule has 1 aromatic rings. The van der Waals surface area contributed by atoms with Crippen molar-refractivity contribution in [3.63, 3.8) is 0 Å². The summed E-state index contributed by atoms with van der Waals surface area (Å²) in [6.07, 6.45) is 2.86. The largest absolute Gasteiger partial charge is 0.513 e. The van der Waals surface area contributed by atoms with Crippen molar-refractivity contribution < 1.29 is 5.11 Å². The van der Waals surface area contributed by atoms with E-state index < -0.39 is 5.54 Å². The summed E-state index contributed by atoms with van der Waals surface area (Å²) in [6.45, 7) is 0. The molecule has 3 heteroatoms. The number of aliphatic hydroxyl groups excluding tert-OH is 1. The molecule has 1 aliphatic carbocycles. The number of benzene rings is 1. The summed E-state index contributed by atoms with van der Waals surface area (Å²) in [6, 6.07) is 7.51. The maximum absolute atomic E-state index is 9.36. The van der Waals surface area contributed by atoms with Gasteiger partial charge < -0.3 is 10.8 Å². The first kappa shape index (κ1) is 9.56. The highest BCUT2D eigenvalue weighted by Crippen LogP contribution is 2.37. The lowest BCUT2D eigenvalue weighted by Gasteiger charge is -2.25. The Kier molecular flexibility index (Phi) is 2.25. The second-order valence-corrected chi connectivity index (χ2v) is 4.12. The van der Waals surface area contributed by atoms with E-state index in [-0.39, 0.29) is 0 Å². The molecule has 0 unspecified atom stereocenters. The molecule has 0 aromatic heterocycles. The minimum absolute atomic E-state index is 0.354. The van der Waals surface area contributed by atoms with E-state index in [4.69, 9.17) is 17.3 Å². The second-order valence-electron chi connectivity index (χ2n) is 3.71. The van der Waals surface area contributed by atoms with Crippen molar-refractivity contribution >= 4 is 11.6 Å². The Labute approximate surface area is 88.0 Å². The average molecular weight is 210 g/mol. The summed E-state index contributed by atoms with van der Waals surface area (Å²) in [4.78, 5) is 0. The SMILES string of the molecule is N[C@]1(c2ccccc2Cl)CC=C(O)C1. The van der Waals surface area contributed by atoms with E-state index in [2.05, 4.69) is 0 Å². The molecule has 0 aliphatic heterocycles. The van der Waals surface area contributed by atoms with Gasteiger partial charge in [-0.1, -0.05) is 29.8 Å². The van der Waals surface area contributed by atoms with E-state index in [1.54, 1.807) is 6.08 Å². The van der Waals surface area contributed by atoms with Crippen LogP contribution in [0.4, 0.5) is 0 Å². The monoisotopic (exact) mass is 209 g/mol. The van der Waals surface area contributed by atoms with Gasteiger partial charge in [0.2, 0.25) is 0 Å². The number of hydrogen-bond donors (Lipinski definition) is 2. The maximum Gasteiger partial charge on any atom is 0.0905 e. The van der Waals surface area contributed by atoms with Crippen molar-refractivity contribution in [2.75, 3.05) is 0 Å². The highest BCUT2D eigenvalue weighted by atomic mass is 35.5. The van der Waals surface area contributed by atoms with E-state index in [9.17, 15) is 5.11 Å². The molecular formula is C11H12ClNO. The predicted octanol–water partition coefficient (Wildman–Crippen LogP) is 2.73. The number of halogens is 1. The Bertz CT molecular complexity index is 389. The summed E-state index contributed by atoms with van der Waals surface area (Å²) < 4.78 is 0. The fourth-order valence-electron chi connectivity index (χ4n) is 1.84. The Hall–Kier alpha value is -0.990. The molecule has 74 valence electrons. The molecule has 0 fully saturated rings. The van der Waals surface area contributed by atoms with Crippen molar-refractivity contribution in [1.29, 1.82) is 0 Å². The average Bonchev–Trinajstić information content (AvgIpc) is 2.48. The number of hydrogen-bond acceptors (Lipinski definition) is 2. The summed E-state index contributed by atoms with van der Waals surface area (Å²) in [5.41, 5.74) is 6.55. The van der Waals surface area contributed by atoms with Crippen LogP contribution in [-0.2, 0) is 5.54 Å². The highest BCUT2D eigenvalue weighted by Gasteiger charge is 2.33. The molecule has 1 aromatic carbocycles. The van der Waals surface area contributed by atoms with Crippen molar-refractivity contribution in [2.45, 2.75) is 18.4 Å². The molecule has 0 heterocycles. The first-order valence-corrected chi connectivity index (χ1v) is 4.91. The fourth-order valence-corrected chi connectivity index (χ4v) is 2.16. The topological polar surface area (TPSA) is 46.2 Å². The molecule has 1 atom stereocenters. The molecule has 0 spiro atoms. The third-order valence-electron chi connectivity index (χ3n) is 2.61.